The molecule has 1 aromatic carbocycles. The fourth-order valence-electron chi connectivity index (χ4n) is 3.82. The zero-order valence-corrected chi connectivity index (χ0v) is 16.4. The van der Waals surface area contributed by atoms with Crippen LogP contribution in [0.15, 0.2) is 12.1 Å². The molecule has 1 aromatic rings. The molecule has 1 atom stereocenters. The molecular formula is C20H21N3O6. The second-order valence-corrected chi connectivity index (χ2v) is 8.45. The van der Waals surface area contributed by atoms with Crippen molar-refractivity contribution in [2.24, 2.45) is 0 Å². The number of benzene rings is 1. The number of fused-ring (bicyclic) bond motifs is 2. The molecule has 5 amide bonds. The fraction of sp³-hybridized carbons (Fsp3) is 0.450. The number of carbonyl (C=O) groups is 5. The number of nitrogens with one attached hydrogen (secondary N) is 1. The summed E-state index contributed by atoms with van der Waals surface area (Å²) in [5.41, 5.74) is 1.33. The summed E-state index contributed by atoms with van der Waals surface area (Å²) < 4.78 is 5.39. The largest absolute Gasteiger partial charge is 0.444 e. The van der Waals surface area contributed by atoms with Crippen LogP contribution in [0, 0.1) is 0 Å². The standard InChI is InChI=1S/C20H21N3O6/c1-20(2,3)29-19(28)22-8-10-6-12-13(7-11(10)9-22)18(27)23(17(12)26)14-4-5-15(24)21-16(14)25/h6-7,14H,4-5,8-9H2,1-3H3,(H,21,24,25). The number of amides is 5. The summed E-state index contributed by atoms with van der Waals surface area (Å²) in [7, 11) is 0. The quantitative estimate of drug-likeness (QED) is 0.713. The molecule has 29 heavy (non-hydrogen) atoms. The predicted molar refractivity (Wildman–Crippen MR) is 98.6 cm³/mol. The van der Waals surface area contributed by atoms with Crippen LogP contribution in [-0.4, -0.2) is 51.2 Å². The zero-order chi connectivity index (χ0) is 21.1. The van der Waals surface area contributed by atoms with Crippen LogP contribution < -0.4 is 5.32 Å². The molecule has 4 rings (SSSR count). The van der Waals surface area contributed by atoms with E-state index in [0.29, 0.717) is 0 Å². The van der Waals surface area contributed by atoms with Gasteiger partial charge in [0.1, 0.15) is 11.6 Å². The van der Waals surface area contributed by atoms with Gasteiger partial charge in [0, 0.05) is 19.5 Å². The van der Waals surface area contributed by atoms with Gasteiger partial charge >= 0.3 is 6.09 Å². The molecule has 1 fully saturated rings. The van der Waals surface area contributed by atoms with Crippen LogP contribution in [-0.2, 0) is 27.4 Å². The van der Waals surface area contributed by atoms with Gasteiger partial charge in [-0.05, 0) is 50.5 Å². The van der Waals surface area contributed by atoms with Gasteiger partial charge in [-0.1, -0.05) is 0 Å². The Morgan fingerprint density at radius 2 is 1.59 bits per heavy atom. The van der Waals surface area contributed by atoms with E-state index in [1.807, 2.05) is 0 Å². The monoisotopic (exact) mass is 399 g/mol. The highest BCUT2D eigenvalue weighted by atomic mass is 16.6. The fourth-order valence-corrected chi connectivity index (χ4v) is 3.82. The maximum Gasteiger partial charge on any atom is 0.410 e. The Morgan fingerprint density at radius 3 is 2.07 bits per heavy atom. The number of hydrogen-bond acceptors (Lipinski definition) is 6. The Labute approximate surface area is 167 Å². The molecule has 152 valence electrons. The Bertz CT molecular complexity index is 932. The normalized spacial score (nSPS) is 21.3. The first-order valence-electron chi connectivity index (χ1n) is 9.40. The number of imide groups is 2. The van der Waals surface area contributed by atoms with Gasteiger partial charge in [-0.25, -0.2) is 4.79 Å². The number of carbonyl (C=O) groups excluding carboxylic acids is 5. The third-order valence-corrected chi connectivity index (χ3v) is 5.13. The molecule has 0 saturated carbocycles. The molecule has 0 aromatic heterocycles. The van der Waals surface area contributed by atoms with E-state index >= 15 is 0 Å². The summed E-state index contributed by atoms with van der Waals surface area (Å²) in [6, 6.07) is 2.23. The maximum absolute atomic E-state index is 12.9. The molecule has 1 unspecified atom stereocenters. The van der Waals surface area contributed by atoms with E-state index in [1.165, 1.54) is 4.90 Å². The summed E-state index contributed by atoms with van der Waals surface area (Å²) in [5, 5.41) is 2.17. The average Bonchev–Trinajstić information content (AvgIpc) is 3.13. The predicted octanol–water partition coefficient (Wildman–Crippen LogP) is 1.34. The lowest BCUT2D eigenvalue weighted by Crippen LogP contribution is -2.54. The molecule has 9 nitrogen and oxygen atoms in total. The molecule has 3 aliphatic heterocycles. The molecule has 1 saturated heterocycles. The second-order valence-electron chi connectivity index (χ2n) is 8.45. The minimum absolute atomic E-state index is 0.0746. The van der Waals surface area contributed by atoms with E-state index in [1.54, 1.807) is 32.9 Å². The first-order chi connectivity index (χ1) is 13.5. The van der Waals surface area contributed by atoms with Crippen LogP contribution in [0.4, 0.5) is 4.79 Å². The summed E-state index contributed by atoms with van der Waals surface area (Å²) in [6.45, 7) is 5.89. The first kappa shape index (κ1) is 19.1. The van der Waals surface area contributed by atoms with Crippen molar-refractivity contribution in [2.75, 3.05) is 0 Å². The molecule has 1 N–H and O–H groups in total. The van der Waals surface area contributed by atoms with Crippen LogP contribution in [0.5, 0.6) is 0 Å². The Hall–Kier alpha value is -3.23. The van der Waals surface area contributed by atoms with Crippen molar-refractivity contribution in [1.82, 2.24) is 15.1 Å². The molecule has 3 aliphatic rings. The van der Waals surface area contributed by atoms with E-state index in [-0.39, 0.29) is 37.1 Å². The minimum atomic E-state index is -0.992. The van der Waals surface area contributed by atoms with Gasteiger partial charge in [0.05, 0.1) is 11.1 Å². The second kappa shape index (κ2) is 6.40. The van der Waals surface area contributed by atoms with E-state index < -0.39 is 41.4 Å². The van der Waals surface area contributed by atoms with Crippen LogP contribution in [0.25, 0.3) is 0 Å². The van der Waals surface area contributed by atoms with Crippen molar-refractivity contribution in [2.45, 2.75) is 58.3 Å². The minimum Gasteiger partial charge on any atom is -0.444 e. The smallest absolute Gasteiger partial charge is 0.410 e. The van der Waals surface area contributed by atoms with Gasteiger partial charge in [-0.3, -0.25) is 34.3 Å². The lowest BCUT2D eigenvalue weighted by Gasteiger charge is -2.27. The SMILES string of the molecule is CC(C)(C)OC(=O)N1Cc2cc3c(cc2C1)C(=O)N(C1CCC(=O)NC1=O)C3=O. The Morgan fingerprint density at radius 1 is 1.03 bits per heavy atom. The molecule has 0 radical (unpaired) electrons. The molecule has 9 heteroatoms. The first-order valence-corrected chi connectivity index (χ1v) is 9.40. The highest BCUT2D eigenvalue weighted by Gasteiger charge is 2.45. The maximum atomic E-state index is 12.9. The Balaban J connectivity index is 1.57. The topological polar surface area (TPSA) is 113 Å². The van der Waals surface area contributed by atoms with E-state index in [4.69, 9.17) is 4.74 Å². The van der Waals surface area contributed by atoms with E-state index in [0.717, 1.165) is 16.0 Å². The van der Waals surface area contributed by atoms with Crippen molar-refractivity contribution < 1.29 is 28.7 Å². The highest BCUT2D eigenvalue weighted by molar-refractivity contribution is 6.23. The van der Waals surface area contributed by atoms with Gasteiger partial charge in [-0.15, -0.1) is 0 Å². The van der Waals surface area contributed by atoms with Gasteiger partial charge < -0.3 is 4.74 Å². The van der Waals surface area contributed by atoms with E-state index in [9.17, 15) is 24.0 Å². The van der Waals surface area contributed by atoms with Crippen molar-refractivity contribution in [1.29, 1.82) is 0 Å². The van der Waals surface area contributed by atoms with Crippen molar-refractivity contribution >= 4 is 29.7 Å². The summed E-state index contributed by atoms with van der Waals surface area (Å²) in [5.74, 6) is -2.17. The summed E-state index contributed by atoms with van der Waals surface area (Å²) in [6.07, 6.45) is -0.273. The third-order valence-electron chi connectivity index (χ3n) is 5.13. The molecular weight excluding hydrogens is 378 g/mol. The number of nitrogens with zero attached hydrogens (tertiary/aromatic N) is 2. The summed E-state index contributed by atoms with van der Waals surface area (Å²) >= 11 is 0. The van der Waals surface area contributed by atoms with Crippen LogP contribution in [0.1, 0.15) is 65.5 Å². The molecule has 0 aliphatic carbocycles. The zero-order valence-electron chi connectivity index (χ0n) is 16.4. The highest BCUT2D eigenvalue weighted by Crippen LogP contribution is 2.33. The number of hydrogen-bond donors (Lipinski definition) is 1. The van der Waals surface area contributed by atoms with Crippen molar-refractivity contribution in [3.63, 3.8) is 0 Å². The van der Waals surface area contributed by atoms with Crippen LogP contribution in [0.2, 0.25) is 0 Å². The number of rotatable bonds is 1. The Kier molecular flexibility index (Phi) is 4.21. The van der Waals surface area contributed by atoms with Gasteiger partial charge in [-0.2, -0.15) is 0 Å². The lowest BCUT2D eigenvalue weighted by atomic mass is 10.0. The molecule has 0 spiro atoms. The molecule has 0 bridgehead atoms. The van der Waals surface area contributed by atoms with Crippen molar-refractivity contribution in [3.05, 3.63) is 34.4 Å². The van der Waals surface area contributed by atoms with Gasteiger partial charge in [0.2, 0.25) is 11.8 Å². The van der Waals surface area contributed by atoms with Gasteiger partial charge in [0.25, 0.3) is 11.8 Å². The lowest BCUT2D eigenvalue weighted by molar-refractivity contribution is -0.136. The van der Waals surface area contributed by atoms with E-state index in [2.05, 4.69) is 5.32 Å². The van der Waals surface area contributed by atoms with Crippen LogP contribution in [0.3, 0.4) is 0 Å². The average molecular weight is 399 g/mol. The molecule has 3 heterocycles. The number of piperidine rings is 1. The third kappa shape index (κ3) is 3.26. The van der Waals surface area contributed by atoms with Gasteiger partial charge in [0.15, 0.2) is 0 Å². The van der Waals surface area contributed by atoms with Crippen molar-refractivity contribution in [3.8, 4) is 0 Å². The number of ether oxygens (including phenoxy) is 1. The summed E-state index contributed by atoms with van der Waals surface area (Å²) in [4.78, 5) is 64.0. The van der Waals surface area contributed by atoms with Crippen LogP contribution >= 0.6 is 0 Å².